The number of imidazole rings is 1. The number of ether oxygens (including phenoxy) is 1. The second kappa shape index (κ2) is 10.0. The van der Waals surface area contributed by atoms with Gasteiger partial charge in [0.1, 0.15) is 17.6 Å². The number of aromatic nitrogens is 5. The molecular weight excluding hydrogens is 541 g/mol. The zero-order valence-electron chi connectivity index (χ0n) is 22.3. The summed E-state index contributed by atoms with van der Waals surface area (Å²) in [6, 6.07) is 7.89. The van der Waals surface area contributed by atoms with E-state index in [1.165, 1.54) is 28.8 Å². The maximum absolute atomic E-state index is 14.1. The van der Waals surface area contributed by atoms with Crippen molar-refractivity contribution < 1.29 is 9.53 Å². The predicted octanol–water partition coefficient (Wildman–Crippen LogP) is 4.75. The van der Waals surface area contributed by atoms with Crippen LogP contribution < -0.4 is 20.1 Å². The molecule has 3 aromatic heterocycles. The fourth-order valence-electron chi connectivity index (χ4n) is 4.84. The molecule has 39 heavy (non-hydrogen) atoms. The number of benzene rings is 1. The van der Waals surface area contributed by atoms with Gasteiger partial charge in [0, 0.05) is 44.6 Å². The van der Waals surface area contributed by atoms with Crippen LogP contribution in [0.5, 0.6) is 5.88 Å². The highest BCUT2D eigenvalue weighted by Crippen LogP contribution is 2.45. The smallest absolute Gasteiger partial charge is 0.279 e. The van der Waals surface area contributed by atoms with Crippen LogP contribution in [0, 0.1) is 0 Å². The third-order valence-corrected chi connectivity index (χ3v) is 7.01. The minimum Gasteiger partial charge on any atom is -0.480 e. The summed E-state index contributed by atoms with van der Waals surface area (Å²) in [6.45, 7) is 3.99. The lowest BCUT2D eigenvalue weighted by Crippen LogP contribution is -2.36. The van der Waals surface area contributed by atoms with Crippen molar-refractivity contribution in [2.45, 2.75) is 25.9 Å². The van der Waals surface area contributed by atoms with Gasteiger partial charge in [-0.15, -0.1) is 0 Å². The molecule has 12 heteroatoms. The van der Waals surface area contributed by atoms with Crippen LogP contribution in [0.1, 0.15) is 47.7 Å². The molecule has 4 heterocycles. The van der Waals surface area contributed by atoms with Crippen molar-refractivity contribution in [2.75, 3.05) is 31.0 Å². The zero-order chi connectivity index (χ0) is 28.2. The van der Waals surface area contributed by atoms with E-state index >= 15 is 0 Å². The maximum Gasteiger partial charge on any atom is 0.279 e. The Bertz CT molecular complexity index is 1640. The van der Waals surface area contributed by atoms with Crippen LogP contribution in [0.4, 0.5) is 11.6 Å². The molecule has 0 fully saturated rings. The van der Waals surface area contributed by atoms with Crippen molar-refractivity contribution >= 4 is 40.7 Å². The first-order valence-corrected chi connectivity index (χ1v) is 12.9. The van der Waals surface area contributed by atoms with E-state index in [2.05, 4.69) is 9.97 Å². The Labute approximate surface area is 235 Å². The van der Waals surface area contributed by atoms with Crippen LogP contribution >= 0.6 is 23.2 Å². The van der Waals surface area contributed by atoms with Gasteiger partial charge in [0.15, 0.2) is 5.69 Å². The van der Waals surface area contributed by atoms with Crippen LogP contribution in [-0.2, 0) is 7.05 Å². The molecule has 0 radical (unpaired) electrons. The molecule has 0 aliphatic carbocycles. The molecule has 0 N–H and O–H groups in total. The van der Waals surface area contributed by atoms with Gasteiger partial charge < -0.3 is 18.8 Å². The first kappa shape index (κ1) is 26.7. The van der Waals surface area contributed by atoms with Gasteiger partial charge >= 0.3 is 0 Å². The minimum atomic E-state index is -0.674. The lowest BCUT2D eigenvalue weighted by Gasteiger charge is -2.28. The molecule has 0 unspecified atom stereocenters. The average molecular weight is 568 g/mol. The van der Waals surface area contributed by atoms with E-state index in [9.17, 15) is 9.59 Å². The third kappa shape index (κ3) is 4.43. The molecule has 1 atom stereocenters. The number of hydrogen-bond donors (Lipinski definition) is 0. The van der Waals surface area contributed by atoms with E-state index < -0.39 is 11.9 Å². The van der Waals surface area contributed by atoms with Crippen molar-refractivity contribution in [3.63, 3.8) is 0 Å². The Morgan fingerprint density at radius 3 is 2.36 bits per heavy atom. The highest BCUT2D eigenvalue weighted by molar-refractivity contribution is 6.31. The summed E-state index contributed by atoms with van der Waals surface area (Å²) in [7, 11) is 6.79. The van der Waals surface area contributed by atoms with E-state index in [1.807, 2.05) is 44.6 Å². The van der Waals surface area contributed by atoms with Gasteiger partial charge in [-0.2, -0.15) is 4.98 Å². The number of amides is 1. The molecule has 1 aromatic carbocycles. The van der Waals surface area contributed by atoms with E-state index in [1.54, 1.807) is 30.3 Å². The summed E-state index contributed by atoms with van der Waals surface area (Å²) in [4.78, 5) is 44.4. The third-order valence-electron chi connectivity index (χ3n) is 6.55. The van der Waals surface area contributed by atoms with Crippen molar-refractivity contribution in [3.8, 4) is 17.3 Å². The quantitative estimate of drug-likeness (QED) is 0.331. The summed E-state index contributed by atoms with van der Waals surface area (Å²) < 4.78 is 8.94. The number of anilines is 2. The molecule has 202 valence electrons. The molecule has 1 amide bonds. The number of pyridine rings is 1. The number of aryl methyl sites for hydroxylation is 1. The highest BCUT2D eigenvalue weighted by atomic mass is 35.5. The van der Waals surface area contributed by atoms with Crippen molar-refractivity contribution in [3.05, 3.63) is 80.1 Å². The Morgan fingerprint density at radius 2 is 1.74 bits per heavy atom. The maximum atomic E-state index is 14.1. The van der Waals surface area contributed by atoms with Gasteiger partial charge in [0.05, 0.1) is 23.4 Å². The first-order valence-electron chi connectivity index (χ1n) is 12.2. The number of hydrogen-bond acceptors (Lipinski definition) is 7. The van der Waals surface area contributed by atoms with Crippen molar-refractivity contribution in [1.29, 1.82) is 0 Å². The molecule has 5 rings (SSSR count). The average Bonchev–Trinajstić information content (AvgIpc) is 3.41. The van der Waals surface area contributed by atoms with Gasteiger partial charge in [0.2, 0.25) is 11.8 Å². The standard InChI is InChI=1S/C27H27Cl2N7O3/c1-14(2)35-22-20(31-23(35)18-12-30-27(33(3)4)32-24(18)39-6)26(38)36(19-11-17(29)13-34(5)25(19)37)21(22)15-7-9-16(28)10-8-15/h7-14,21H,1-6H3/t21-/m1/s1. The van der Waals surface area contributed by atoms with Crippen molar-refractivity contribution in [2.24, 2.45) is 7.05 Å². The van der Waals surface area contributed by atoms with Gasteiger partial charge in [0.25, 0.3) is 11.5 Å². The van der Waals surface area contributed by atoms with Gasteiger partial charge in [-0.25, -0.2) is 9.97 Å². The topological polar surface area (TPSA) is 98.4 Å². The summed E-state index contributed by atoms with van der Waals surface area (Å²) >= 11 is 12.5. The van der Waals surface area contributed by atoms with Crippen molar-refractivity contribution in [1.82, 2.24) is 24.1 Å². The van der Waals surface area contributed by atoms with E-state index in [0.717, 1.165) is 5.56 Å². The second-order valence-corrected chi connectivity index (χ2v) is 10.6. The molecule has 1 aliphatic rings. The van der Waals surface area contributed by atoms with Crippen LogP contribution in [0.15, 0.2) is 47.5 Å². The number of methoxy groups -OCH3 is 1. The van der Waals surface area contributed by atoms with Crippen LogP contribution in [0.25, 0.3) is 11.4 Å². The number of halogens is 2. The van der Waals surface area contributed by atoms with E-state index in [-0.39, 0.29) is 23.0 Å². The minimum absolute atomic E-state index is 0.126. The molecule has 1 aliphatic heterocycles. The first-order chi connectivity index (χ1) is 18.5. The molecule has 10 nitrogen and oxygen atoms in total. The Hall–Kier alpha value is -3.89. The molecule has 4 aromatic rings. The molecule has 0 saturated carbocycles. The van der Waals surface area contributed by atoms with Gasteiger partial charge in [-0.1, -0.05) is 35.3 Å². The zero-order valence-corrected chi connectivity index (χ0v) is 23.8. The normalized spacial score (nSPS) is 14.7. The summed E-state index contributed by atoms with van der Waals surface area (Å²) in [6.07, 6.45) is 3.15. The molecular formula is C27H27Cl2N7O3. The number of rotatable bonds is 6. The molecule has 0 spiro atoms. The lowest BCUT2D eigenvalue weighted by molar-refractivity contribution is 0.0989. The Morgan fingerprint density at radius 1 is 1.05 bits per heavy atom. The Balaban J connectivity index is 1.80. The molecule has 0 bridgehead atoms. The number of fused-ring (bicyclic) bond motifs is 1. The summed E-state index contributed by atoms with van der Waals surface area (Å²) in [5.74, 6) is 0.872. The highest BCUT2D eigenvalue weighted by Gasteiger charge is 2.46. The van der Waals surface area contributed by atoms with E-state index in [0.29, 0.717) is 39.0 Å². The number of carbonyl (C=O) groups is 1. The predicted molar refractivity (Wildman–Crippen MR) is 151 cm³/mol. The molecule has 0 saturated heterocycles. The monoisotopic (exact) mass is 567 g/mol. The fourth-order valence-corrected chi connectivity index (χ4v) is 5.21. The SMILES string of the molecule is COc1nc(N(C)C)ncc1-c1nc2c(n1C(C)C)[C@@H](c1ccc(Cl)cc1)N(c1cc(Cl)cn(C)c1=O)C2=O. The van der Waals surface area contributed by atoms with Gasteiger partial charge in [-0.05, 0) is 37.6 Å². The van der Waals surface area contributed by atoms with Crippen LogP contribution in [0.2, 0.25) is 10.0 Å². The number of nitrogens with zero attached hydrogens (tertiary/aromatic N) is 7. The Kier molecular flexibility index (Phi) is 6.86. The summed E-state index contributed by atoms with van der Waals surface area (Å²) in [5.41, 5.74) is 1.95. The lowest BCUT2D eigenvalue weighted by atomic mass is 10.0. The van der Waals surface area contributed by atoms with Crippen LogP contribution in [-0.4, -0.2) is 51.2 Å². The van der Waals surface area contributed by atoms with E-state index in [4.69, 9.17) is 32.9 Å². The fraction of sp³-hybridized carbons (Fsp3) is 0.296. The van der Waals surface area contributed by atoms with Crippen LogP contribution in [0.3, 0.4) is 0 Å². The number of carbonyl (C=O) groups excluding carboxylic acids is 1. The van der Waals surface area contributed by atoms with Gasteiger partial charge in [-0.3, -0.25) is 14.5 Å². The summed E-state index contributed by atoms with van der Waals surface area (Å²) in [5, 5.41) is 0.879. The second-order valence-electron chi connectivity index (χ2n) is 9.71. The largest absolute Gasteiger partial charge is 0.480 e.